The minimum absolute atomic E-state index is 0.0887. The average Bonchev–Trinajstić information content (AvgIpc) is 3.05. The number of aryl methyl sites for hydroxylation is 1. The van der Waals surface area contributed by atoms with E-state index in [2.05, 4.69) is 25.2 Å². The Balaban J connectivity index is 1.65. The van der Waals surface area contributed by atoms with Crippen molar-refractivity contribution in [2.45, 2.75) is 39.5 Å². The van der Waals surface area contributed by atoms with Crippen molar-refractivity contribution in [1.29, 1.82) is 0 Å². The highest BCUT2D eigenvalue weighted by atomic mass is 16.5. The zero-order valence-electron chi connectivity index (χ0n) is 18.1. The van der Waals surface area contributed by atoms with Crippen LogP contribution in [0.15, 0.2) is 53.5 Å². The van der Waals surface area contributed by atoms with Crippen molar-refractivity contribution in [3.63, 3.8) is 0 Å². The fourth-order valence-corrected chi connectivity index (χ4v) is 3.21. The lowest BCUT2D eigenvalue weighted by atomic mass is 10.1. The number of rotatable bonds is 8. The van der Waals surface area contributed by atoms with E-state index in [-0.39, 0.29) is 6.10 Å². The molecule has 0 bridgehead atoms. The largest absolute Gasteiger partial charge is 0.491 e. The van der Waals surface area contributed by atoms with E-state index in [4.69, 9.17) is 4.74 Å². The number of aliphatic hydroxyl groups excluding tert-OH is 1. The lowest BCUT2D eigenvalue weighted by Gasteiger charge is -2.17. The van der Waals surface area contributed by atoms with E-state index >= 15 is 0 Å². The second-order valence-corrected chi connectivity index (χ2v) is 7.41. The van der Waals surface area contributed by atoms with Crippen molar-refractivity contribution < 1.29 is 9.84 Å². The molecule has 0 saturated carbocycles. The SMILES string of the molecule is CCNC(=NCc1nc2ccccc2n1C)NCC(O)c1cccc(OC(C)C)c1. The van der Waals surface area contributed by atoms with Gasteiger partial charge in [0.25, 0.3) is 0 Å². The highest BCUT2D eigenvalue weighted by molar-refractivity contribution is 5.80. The van der Waals surface area contributed by atoms with Crippen LogP contribution in [-0.2, 0) is 13.6 Å². The van der Waals surface area contributed by atoms with Crippen LogP contribution in [0.2, 0.25) is 0 Å². The van der Waals surface area contributed by atoms with Gasteiger partial charge in [-0.3, -0.25) is 0 Å². The summed E-state index contributed by atoms with van der Waals surface area (Å²) < 4.78 is 7.77. The summed E-state index contributed by atoms with van der Waals surface area (Å²) in [5, 5.41) is 17.0. The van der Waals surface area contributed by atoms with E-state index < -0.39 is 6.10 Å². The minimum atomic E-state index is -0.680. The van der Waals surface area contributed by atoms with Gasteiger partial charge in [-0.1, -0.05) is 24.3 Å². The first-order valence-electron chi connectivity index (χ1n) is 10.3. The number of aliphatic imine (C=N–C) groups is 1. The average molecular weight is 410 g/mol. The van der Waals surface area contributed by atoms with Crippen LogP contribution in [0, 0.1) is 0 Å². The van der Waals surface area contributed by atoms with Crippen molar-refractivity contribution >= 4 is 17.0 Å². The predicted molar refractivity (Wildman–Crippen MR) is 121 cm³/mol. The molecule has 3 rings (SSSR count). The lowest BCUT2D eigenvalue weighted by molar-refractivity contribution is 0.179. The molecule has 7 heteroatoms. The number of guanidine groups is 1. The second kappa shape index (κ2) is 10.1. The summed E-state index contributed by atoms with van der Waals surface area (Å²) >= 11 is 0. The van der Waals surface area contributed by atoms with Crippen molar-refractivity contribution in [3.05, 3.63) is 59.9 Å². The molecule has 3 N–H and O–H groups in total. The second-order valence-electron chi connectivity index (χ2n) is 7.41. The maximum atomic E-state index is 10.6. The van der Waals surface area contributed by atoms with E-state index in [1.165, 1.54) is 0 Å². The summed E-state index contributed by atoms with van der Waals surface area (Å²) in [7, 11) is 2.00. The molecule has 1 atom stereocenters. The minimum Gasteiger partial charge on any atom is -0.491 e. The van der Waals surface area contributed by atoms with Crippen LogP contribution in [0.25, 0.3) is 11.0 Å². The van der Waals surface area contributed by atoms with E-state index in [1.54, 1.807) is 0 Å². The first-order valence-corrected chi connectivity index (χ1v) is 10.3. The Hall–Kier alpha value is -3.06. The number of aliphatic hydroxyl groups is 1. The number of nitrogens with zero attached hydrogens (tertiary/aromatic N) is 3. The topological polar surface area (TPSA) is 83.7 Å². The van der Waals surface area contributed by atoms with Gasteiger partial charge in [0.05, 0.1) is 23.2 Å². The number of benzene rings is 2. The molecule has 1 heterocycles. The summed E-state index contributed by atoms with van der Waals surface area (Å²) in [6.45, 7) is 7.47. The Kier molecular flexibility index (Phi) is 7.30. The molecule has 0 radical (unpaired) electrons. The molecule has 0 spiro atoms. The van der Waals surface area contributed by atoms with Gasteiger partial charge in [0.1, 0.15) is 18.1 Å². The van der Waals surface area contributed by atoms with Gasteiger partial charge in [-0.15, -0.1) is 0 Å². The summed E-state index contributed by atoms with van der Waals surface area (Å²) in [4.78, 5) is 9.30. The fourth-order valence-electron chi connectivity index (χ4n) is 3.21. The number of fused-ring (bicyclic) bond motifs is 1. The van der Waals surface area contributed by atoms with Crippen LogP contribution >= 0.6 is 0 Å². The van der Waals surface area contributed by atoms with Gasteiger partial charge in [-0.05, 0) is 50.6 Å². The highest BCUT2D eigenvalue weighted by Crippen LogP contribution is 2.20. The van der Waals surface area contributed by atoms with Crippen LogP contribution in [-0.4, -0.2) is 39.8 Å². The van der Waals surface area contributed by atoms with Crippen LogP contribution < -0.4 is 15.4 Å². The molecule has 0 aliphatic carbocycles. The normalized spacial score (nSPS) is 12.9. The zero-order valence-corrected chi connectivity index (χ0v) is 18.1. The Morgan fingerprint density at radius 3 is 2.70 bits per heavy atom. The third-order valence-electron chi connectivity index (χ3n) is 4.68. The van der Waals surface area contributed by atoms with Gasteiger partial charge in [-0.25, -0.2) is 9.98 Å². The third kappa shape index (κ3) is 5.51. The smallest absolute Gasteiger partial charge is 0.191 e. The molecule has 2 aromatic carbocycles. The molecule has 0 aliphatic rings. The summed E-state index contributed by atoms with van der Waals surface area (Å²) in [5.41, 5.74) is 2.84. The molecule has 7 nitrogen and oxygen atoms in total. The standard InChI is InChI=1S/C23H31N5O2/c1-5-24-23(26-15-22-27-19-11-6-7-12-20(19)28(22)4)25-14-21(29)17-9-8-10-18(13-17)30-16(2)3/h6-13,16,21,29H,5,14-15H2,1-4H3,(H2,24,25,26). The number of hydrogen-bond acceptors (Lipinski definition) is 4. The van der Waals surface area contributed by atoms with E-state index in [9.17, 15) is 5.11 Å². The summed E-state index contributed by atoms with van der Waals surface area (Å²) in [6, 6.07) is 15.6. The predicted octanol–water partition coefficient (Wildman–Crippen LogP) is 3.15. The molecule has 1 unspecified atom stereocenters. The number of imidazole rings is 1. The Bertz CT molecular complexity index is 996. The van der Waals surface area contributed by atoms with Crippen molar-refractivity contribution in [1.82, 2.24) is 20.2 Å². The number of hydrogen-bond donors (Lipinski definition) is 3. The molecule has 1 aromatic heterocycles. The van der Waals surface area contributed by atoms with Crippen LogP contribution in [0.5, 0.6) is 5.75 Å². The van der Waals surface area contributed by atoms with Crippen LogP contribution in [0.3, 0.4) is 0 Å². The number of ether oxygens (including phenoxy) is 1. The first-order chi connectivity index (χ1) is 14.5. The van der Waals surface area contributed by atoms with Crippen LogP contribution in [0.4, 0.5) is 0 Å². The summed E-state index contributed by atoms with van der Waals surface area (Å²) in [5.74, 6) is 2.27. The molecule has 0 amide bonds. The van der Waals surface area contributed by atoms with Gasteiger partial charge in [0, 0.05) is 20.1 Å². The zero-order chi connectivity index (χ0) is 21.5. The van der Waals surface area contributed by atoms with Gasteiger partial charge >= 0.3 is 0 Å². The molecule has 3 aromatic rings. The van der Waals surface area contributed by atoms with Gasteiger partial charge in [0.15, 0.2) is 5.96 Å². The maximum Gasteiger partial charge on any atom is 0.191 e. The van der Waals surface area contributed by atoms with Crippen molar-refractivity contribution in [3.8, 4) is 5.75 Å². The number of nitrogens with one attached hydrogen (secondary N) is 2. The molecule has 0 fully saturated rings. The van der Waals surface area contributed by atoms with E-state index in [0.717, 1.165) is 34.7 Å². The Morgan fingerprint density at radius 1 is 1.17 bits per heavy atom. The van der Waals surface area contributed by atoms with Gasteiger partial charge < -0.3 is 25.0 Å². The lowest BCUT2D eigenvalue weighted by Crippen LogP contribution is -2.39. The number of para-hydroxylation sites is 2. The molecular weight excluding hydrogens is 378 g/mol. The number of aromatic nitrogens is 2. The molecule has 0 aliphatic heterocycles. The monoisotopic (exact) mass is 409 g/mol. The fraction of sp³-hybridized carbons (Fsp3) is 0.391. The molecule has 0 saturated heterocycles. The van der Waals surface area contributed by atoms with Gasteiger partial charge in [0.2, 0.25) is 0 Å². The molecule has 30 heavy (non-hydrogen) atoms. The quantitative estimate of drug-likeness (QED) is 0.393. The third-order valence-corrected chi connectivity index (χ3v) is 4.68. The molecular formula is C23H31N5O2. The highest BCUT2D eigenvalue weighted by Gasteiger charge is 2.11. The Labute approximate surface area is 177 Å². The van der Waals surface area contributed by atoms with Crippen molar-refractivity contribution in [2.75, 3.05) is 13.1 Å². The van der Waals surface area contributed by atoms with Crippen LogP contribution in [0.1, 0.15) is 38.3 Å². The maximum absolute atomic E-state index is 10.6. The van der Waals surface area contributed by atoms with Crippen molar-refractivity contribution in [2.24, 2.45) is 12.0 Å². The molecule has 160 valence electrons. The van der Waals surface area contributed by atoms with Gasteiger partial charge in [-0.2, -0.15) is 0 Å². The Morgan fingerprint density at radius 2 is 1.97 bits per heavy atom. The van der Waals surface area contributed by atoms with E-state index in [0.29, 0.717) is 19.0 Å². The summed E-state index contributed by atoms with van der Waals surface area (Å²) in [6.07, 6.45) is -0.592. The van der Waals surface area contributed by atoms with E-state index in [1.807, 2.05) is 76.3 Å². The first kappa shape index (κ1) is 21.6.